The maximum absolute atomic E-state index is 14.4. The molecular weight excluding hydrogens is 524 g/mol. The van der Waals surface area contributed by atoms with Crippen LogP contribution in [0.2, 0.25) is 10.2 Å². The standard InChI is InChI=1S/C27H21Cl2F3N4O/c28-22-13-25-20(12-23(22)32)21-15-35(6-1-2-16-8-18(30)11-19(31)9-16)7-4-24(21)36(25)27(37)34-14-17-3-5-33-26(29)10-17/h1-3,5,8-13H,4,6-7,14-15H2,(H,34,37)/b2-1+. The molecule has 0 aliphatic carbocycles. The smallest absolute Gasteiger partial charge is 0.326 e. The Kier molecular flexibility index (Phi) is 7.24. The Morgan fingerprint density at radius 3 is 2.62 bits per heavy atom. The number of benzene rings is 2. The first-order valence-corrected chi connectivity index (χ1v) is 12.3. The van der Waals surface area contributed by atoms with E-state index in [2.05, 4.69) is 15.2 Å². The molecule has 0 spiro atoms. The lowest BCUT2D eigenvalue weighted by Crippen LogP contribution is -2.34. The maximum Gasteiger partial charge on any atom is 0.326 e. The van der Waals surface area contributed by atoms with E-state index in [1.807, 2.05) is 6.08 Å². The minimum Gasteiger partial charge on any atom is -0.333 e. The Labute approximate surface area is 221 Å². The quantitative estimate of drug-likeness (QED) is 0.288. The summed E-state index contributed by atoms with van der Waals surface area (Å²) in [5, 5.41) is 3.76. The highest BCUT2D eigenvalue weighted by molar-refractivity contribution is 6.31. The van der Waals surface area contributed by atoms with Crippen LogP contribution in [0, 0.1) is 17.5 Å². The van der Waals surface area contributed by atoms with Gasteiger partial charge in [-0.2, -0.15) is 0 Å². The average Bonchev–Trinajstić information content (AvgIpc) is 3.15. The number of halogens is 5. The third kappa shape index (κ3) is 5.51. The summed E-state index contributed by atoms with van der Waals surface area (Å²) in [5.74, 6) is -1.84. The lowest BCUT2D eigenvalue weighted by atomic mass is 10.0. The molecule has 2 aromatic carbocycles. The summed E-state index contributed by atoms with van der Waals surface area (Å²) in [4.78, 5) is 19.3. The van der Waals surface area contributed by atoms with Gasteiger partial charge in [-0.15, -0.1) is 0 Å². The summed E-state index contributed by atoms with van der Waals surface area (Å²) in [7, 11) is 0. The largest absolute Gasteiger partial charge is 0.333 e. The van der Waals surface area contributed by atoms with E-state index in [0.29, 0.717) is 47.7 Å². The summed E-state index contributed by atoms with van der Waals surface area (Å²) >= 11 is 12.0. The first kappa shape index (κ1) is 25.3. The highest BCUT2D eigenvalue weighted by Crippen LogP contribution is 2.34. The van der Waals surface area contributed by atoms with Gasteiger partial charge >= 0.3 is 6.03 Å². The fourth-order valence-corrected chi connectivity index (χ4v) is 4.97. The molecule has 0 unspecified atom stereocenters. The van der Waals surface area contributed by atoms with E-state index in [1.54, 1.807) is 29.0 Å². The molecule has 10 heteroatoms. The van der Waals surface area contributed by atoms with Gasteiger partial charge in [-0.25, -0.2) is 22.9 Å². The van der Waals surface area contributed by atoms with Crippen LogP contribution in [0.3, 0.4) is 0 Å². The molecule has 190 valence electrons. The zero-order chi connectivity index (χ0) is 26.1. The number of aromatic nitrogens is 2. The van der Waals surface area contributed by atoms with Gasteiger partial charge in [0.2, 0.25) is 0 Å². The summed E-state index contributed by atoms with van der Waals surface area (Å²) in [5.41, 5.74) is 3.36. The Morgan fingerprint density at radius 2 is 1.86 bits per heavy atom. The Balaban J connectivity index is 1.40. The van der Waals surface area contributed by atoms with Crippen LogP contribution in [0.4, 0.5) is 18.0 Å². The van der Waals surface area contributed by atoms with Crippen molar-refractivity contribution in [3.63, 3.8) is 0 Å². The minimum atomic E-state index is -0.638. The van der Waals surface area contributed by atoms with E-state index in [0.717, 1.165) is 22.9 Å². The van der Waals surface area contributed by atoms with Crippen molar-refractivity contribution in [3.05, 3.63) is 105 Å². The molecule has 5 rings (SSSR count). The van der Waals surface area contributed by atoms with Gasteiger partial charge in [0.25, 0.3) is 0 Å². The van der Waals surface area contributed by atoms with Crippen LogP contribution in [0.25, 0.3) is 17.0 Å². The predicted octanol–water partition coefficient (Wildman–Crippen LogP) is 6.59. The van der Waals surface area contributed by atoms with Crippen molar-refractivity contribution in [2.45, 2.75) is 19.5 Å². The number of amides is 1. The molecule has 0 saturated carbocycles. The van der Waals surface area contributed by atoms with Gasteiger partial charge in [0, 0.05) is 55.9 Å². The first-order chi connectivity index (χ1) is 17.8. The van der Waals surface area contributed by atoms with Crippen molar-refractivity contribution in [3.8, 4) is 0 Å². The molecular formula is C27H21Cl2F3N4O. The monoisotopic (exact) mass is 544 g/mol. The van der Waals surface area contributed by atoms with Gasteiger partial charge in [0.05, 0.1) is 10.5 Å². The van der Waals surface area contributed by atoms with E-state index in [9.17, 15) is 18.0 Å². The van der Waals surface area contributed by atoms with Crippen LogP contribution in [0.1, 0.15) is 22.4 Å². The second-order valence-electron chi connectivity index (χ2n) is 8.78. The van der Waals surface area contributed by atoms with Gasteiger partial charge in [0.1, 0.15) is 22.6 Å². The van der Waals surface area contributed by atoms with Crippen molar-refractivity contribution in [2.75, 3.05) is 13.1 Å². The summed E-state index contributed by atoms with van der Waals surface area (Å²) in [6.07, 6.45) is 5.58. The fraction of sp³-hybridized carbons (Fsp3) is 0.185. The summed E-state index contributed by atoms with van der Waals surface area (Å²) in [6.45, 7) is 1.85. The van der Waals surface area contributed by atoms with E-state index < -0.39 is 17.5 Å². The van der Waals surface area contributed by atoms with Crippen molar-refractivity contribution >= 4 is 46.2 Å². The molecule has 2 aromatic heterocycles. The van der Waals surface area contributed by atoms with E-state index in [1.165, 1.54) is 24.3 Å². The molecule has 1 N–H and O–H groups in total. The number of nitrogens with one attached hydrogen (secondary N) is 1. The number of hydrogen-bond donors (Lipinski definition) is 1. The van der Waals surface area contributed by atoms with E-state index >= 15 is 0 Å². The van der Waals surface area contributed by atoms with Crippen molar-refractivity contribution in [1.29, 1.82) is 0 Å². The molecule has 3 heterocycles. The number of rotatable bonds is 5. The van der Waals surface area contributed by atoms with Gasteiger partial charge in [0.15, 0.2) is 0 Å². The highest BCUT2D eigenvalue weighted by Gasteiger charge is 2.27. The molecule has 37 heavy (non-hydrogen) atoms. The SMILES string of the molecule is O=C(NCc1ccnc(Cl)c1)n1c2c(c3cc(F)c(Cl)cc31)CN(C/C=C/c1cc(F)cc(F)c1)CC2. The molecule has 0 fully saturated rings. The number of fused-ring (bicyclic) bond motifs is 3. The third-order valence-electron chi connectivity index (χ3n) is 6.27. The zero-order valence-electron chi connectivity index (χ0n) is 19.4. The Morgan fingerprint density at radius 1 is 1.08 bits per heavy atom. The van der Waals surface area contributed by atoms with E-state index in [-0.39, 0.29) is 17.6 Å². The lowest BCUT2D eigenvalue weighted by molar-refractivity contribution is 0.240. The van der Waals surface area contributed by atoms with Gasteiger partial charge in [-0.3, -0.25) is 9.47 Å². The third-order valence-corrected chi connectivity index (χ3v) is 6.76. The van der Waals surface area contributed by atoms with Crippen molar-refractivity contribution < 1.29 is 18.0 Å². The number of carbonyl (C=O) groups excluding carboxylic acids is 1. The molecule has 0 radical (unpaired) electrons. The Hall–Kier alpha value is -3.33. The van der Waals surface area contributed by atoms with Gasteiger partial charge in [-0.1, -0.05) is 35.4 Å². The van der Waals surface area contributed by atoms with Crippen molar-refractivity contribution in [2.24, 2.45) is 0 Å². The van der Waals surface area contributed by atoms with Gasteiger partial charge in [-0.05, 0) is 53.1 Å². The minimum absolute atomic E-state index is 0.0700. The van der Waals surface area contributed by atoms with Crippen LogP contribution in [-0.2, 0) is 19.5 Å². The van der Waals surface area contributed by atoms with Crippen LogP contribution < -0.4 is 5.32 Å². The second kappa shape index (κ2) is 10.6. The normalized spacial score (nSPS) is 13.9. The molecule has 0 bridgehead atoms. The van der Waals surface area contributed by atoms with Crippen molar-refractivity contribution in [1.82, 2.24) is 19.8 Å². The maximum atomic E-state index is 14.4. The highest BCUT2D eigenvalue weighted by atomic mass is 35.5. The lowest BCUT2D eigenvalue weighted by Gasteiger charge is -2.27. The number of nitrogens with zero attached hydrogens (tertiary/aromatic N) is 3. The molecule has 0 atom stereocenters. The van der Waals surface area contributed by atoms with Gasteiger partial charge < -0.3 is 5.32 Å². The molecule has 5 nitrogen and oxygen atoms in total. The zero-order valence-corrected chi connectivity index (χ0v) is 21.0. The van der Waals surface area contributed by atoms with Crippen LogP contribution in [0.15, 0.2) is 54.7 Å². The molecule has 1 aliphatic heterocycles. The summed E-state index contributed by atoms with van der Waals surface area (Å²) < 4.78 is 42.9. The molecule has 1 amide bonds. The molecule has 1 aliphatic rings. The number of hydrogen-bond acceptors (Lipinski definition) is 3. The first-order valence-electron chi connectivity index (χ1n) is 11.5. The van der Waals surface area contributed by atoms with Crippen LogP contribution in [-0.4, -0.2) is 33.6 Å². The molecule has 0 saturated heterocycles. The Bertz CT molecular complexity index is 1520. The average molecular weight is 545 g/mol. The van der Waals surface area contributed by atoms with Crippen LogP contribution in [0.5, 0.6) is 0 Å². The number of pyridine rings is 1. The number of carbonyl (C=O) groups is 1. The second-order valence-corrected chi connectivity index (χ2v) is 9.57. The van der Waals surface area contributed by atoms with E-state index in [4.69, 9.17) is 23.2 Å². The summed E-state index contributed by atoms with van der Waals surface area (Å²) in [6, 6.07) is 9.23. The topological polar surface area (TPSA) is 50.2 Å². The van der Waals surface area contributed by atoms with Crippen LogP contribution >= 0.6 is 23.2 Å². The molecule has 4 aromatic rings. The predicted molar refractivity (Wildman–Crippen MR) is 138 cm³/mol. The fourth-order valence-electron chi connectivity index (χ4n) is 4.61.